The van der Waals surface area contributed by atoms with Gasteiger partial charge in [-0.15, -0.1) is 0 Å². The summed E-state index contributed by atoms with van der Waals surface area (Å²) in [6.07, 6.45) is 2.94. The predicted octanol–water partition coefficient (Wildman–Crippen LogP) is 0.942. The van der Waals surface area contributed by atoms with Gasteiger partial charge in [0.05, 0.1) is 30.6 Å². The Morgan fingerprint density at radius 1 is 1.33 bits per heavy atom. The lowest BCUT2D eigenvalue weighted by atomic mass is 10.3. The number of aromatic nitrogens is 2. The minimum atomic E-state index is 0.0231. The van der Waals surface area contributed by atoms with Crippen LogP contribution in [0.2, 0.25) is 0 Å². The van der Waals surface area contributed by atoms with Gasteiger partial charge in [-0.2, -0.15) is 0 Å². The molecule has 1 aromatic heterocycles. The second kappa shape index (κ2) is 8.39. The van der Waals surface area contributed by atoms with Crippen molar-refractivity contribution in [3.8, 4) is 0 Å². The molecule has 2 rings (SSSR count). The maximum Gasteiger partial charge on any atom is 0.221 e. The first kappa shape index (κ1) is 15.5. The first-order valence-electron chi connectivity index (χ1n) is 7.16. The number of benzene rings is 1. The van der Waals surface area contributed by atoms with Crippen LogP contribution in [0.1, 0.15) is 12.8 Å². The van der Waals surface area contributed by atoms with E-state index in [-0.39, 0.29) is 12.5 Å². The van der Waals surface area contributed by atoms with Gasteiger partial charge in [0.25, 0.3) is 0 Å². The number of ether oxygens (including phenoxy) is 1. The molecule has 0 fully saturated rings. The normalized spacial score (nSPS) is 10.9. The third kappa shape index (κ3) is 4.84. The Morgan fingerprint density at radius 3 is 3.05 bits per heavy atom. The molecular weight excluding hydrogens is 270 g/mol. The van der Waals surface area contributed by atoms with Crippen molar-refractivity contribution in [2.45, 2.75) is 19.4 Å². The quantitative estimate of drug-likeness (QED) is 0.674. The average Bonchev–Trinajstić information content (AvgIpc) is 2.92. The molecule has 21 heavy (non-hydrogen) atoms. The van der Waals surface area contributed by atoms with Gasteiger partial charge in [0, 0.05) is 26.1 Å². The molecule has 0 unspecified atom stereocenters. The van der Waals surface area contributed by atoms with Gasteiger partial charge in [0.15, 0.2) is 0 Å². The Morgan fingerprint density at radius 2 is 2.19 bits per heavy atom. The summed E-state index contributed by atoms with van der Waals surface area (Å²) in [6.45, 7) is 2.14. The Balaban J connectivity index is 1.67. The van der Waals surface area contributed by atoms with Crippen LogP contribution >= 0.6 is 0 Å². The van der Waals surface area contributed by atoms with E-state index in [0.29, 0.717) is 32.7 Å². The third-order valence-electron chi connectivity index (χ3n) is 3.13. The second-order valence-corrected chi connectivity index (χ2v) is 4.72. The van der Waals surface area contributed by atoms with E-state index in [0.717, 1.165) is 17.5 Å². The van der Waals surface area contributed by atoms with Crippen molar-refractivity contribution >= 4 is 16.9 Å². The average molecular weight is 291 g/mol. The number of carbonyl (C=O) groups excluding carboxylic acids is 1. The van der Waals surface area contributed by atoms with Crippen molar-refractivity contribution in [2.75, 3.05) is 26.4 Å². The van der Waals surface area contributed by atoms with Crippen LogP contribution in [0, 0.1) is 0 Å². The second-order valence-electron chi connectivity index (χ2n) is 4.72. The van der Waals surface area contributed by atoms with Gasteiger partial charge in [-0.05, 0) is 18.6 Å². The predicted molar refractivity (Wildman–Crippen MR) is 79.9 cm³/mol. The molecule has 0 saturated carbocycles. The first-order chi connectivity index (χ1) is 10.3. The smallest absolute Gasteiger partial charge is 0.221 e. The van der Waals surface area contributed by atoms with Crippen LogP contribution in [0.25, 0.3) is 11.0 Å². The summed E-state index contributed by atoms with van der Waals surface area (Å²) >= 11 is 0. The van der Waals surface area contributed by atoms with E-state index in [4.69, 9.17) is 9.84 Å². The fraction of sp³-hybridized carbons (Fsp3) is 0.467. The van der Waals surface area contributed by atoms with Crippen molar-refractivity contribution in [2.24, 2.45) is 0 Å². The molecular formula is C15H21N3O3. The SMILES string of the molecule is O=C(CCn1cnc2ccccc21)NCCCOCCO. The van der Waals surface area contributed by atoms with E-state index in [9.17, 15) is 4.79 Å². The lowest BCUT2D eigenvalue weighted by Gasteiger charge is -2.07. The van der Waals surface area contributed by atoms with Crippen LogP contribution in [0.4, 0.5) is 0 Å². The lowest BCUT2D eigenvalue weighted by molar-refractivity contribution is -0.121. The molecule has 0 bridgehead atoms. The van der Waals surface area contributed by atoms with E-state index in [1.54, 1.807) is 6.33 Å². The Hall–Kier alpha value is -1.92. The van der Waals surface area contributed by atoms with Gasteiger partial charge in [0.2, 0.25) is 5.91 Å². The number of rotatable bonds is 9. The standard InChI is InChI=1S/C15H21N3O3/c19-9-11-21-10-3-7-16-15(20)6-8-18-12-17-13-4-1-2-5-14(13)18/h1-2,4-5,12,19H,3,6-11H2,(H,16,20). The number of aliphatic hydroxyl groups is 1. The topological polar surface area (TPSA) is 76.4 Å². The van der Waals surface area contributed by atoms with E-state index in [2.05, 4.69) is 10.3 Å². The zero-order chi connectivity index (χ0) is 14.9. The monoisotopic (exact) mass is 291 g/mol. The van der Waals surface area contributed by atoms with Gasteiger partial charge in [-0.1, -0.05) is 12.1 Å². The van der Waals surface area contributed by atoms with Crippen LogP contribution in [0.5, 0.6) is 0 Å². The summed E-state index contributed by atoms with van der Waals surface area (Å²) in [5.74, 6) is 0.0231. The highest BCUT2D eigenvalue weighted by Crippen LogP contribution is 2.11. The number of carbonyl (C=O) groups is 1. The van der Waals surface area contributed by atoms with Crippen molar-refractivity contribution < 1.29 is 14.6 Å². The largest absolute Gasteiger partial charge is 0.394 e. The molecule has 0 saturated heterocycles. The Labute approximate surface area is 123 Å². The van der Waals surface area contributed by atoms with Crippen LogP contribution in [0.15, 0.2) is 30.6 Å². The summed E-state index contributed by atoms with van der Waals surface area (Å²) in [5, 5.41) is 11.4. The van der Waals surface area contributed by atoms with Gasteiger partial charge < -0.3 is 19.7 Å². The maximum absolute atomic E-state index is 11.7. The molecule has 2 aromatic rings. The zero-order valence-electron chi connectivity index (χ0n) is 12.0. The molecule has 0 radical (unpaired) electrons. The van der Waals surface area contributed by atoms with Crippen LogP contribution in [-0.4, -0.2) is 46.9 Å². The molecule has 1 amide bonds. The van der Waals surface area contributed by atoms with E-state index in [1.807, 2.05) is 28.8 Å². The molecule has 0 atom stereocenters. The van der Waals surface area contributed by atoms with Crippen molar-refractivity contribution in [1.29, 1.82) is 0 Å². The number of para-hydroxylation sites is 2. The van der Waals surface area contributed by atoms with Gasteiger partial charge in [-0.3, -0.25) is 4.79 Å². The Kier molecular flexibility index (Phi) is 6.18. The summed E-state index contributed by atoms with van der Waals surface area (Å²) in [5.41, 5.74) is 1.99. The molecule has 6 nitrogen and oxygen atoms in total. The summed E-state index contributed by atoms with van der Waals surface area (Å²) in [7, 11) is 0. The van der Waals surface area contributed by atoms with Gasteiger partial charge in [0.1, 0.15) is 0 Å². The van der Waals surface area contributed by atoms with Gasteiger partial charge >= 0.3 is 0 Å². The Bertz CT molecular complexity index is 568. The highest BCUT2D eigenvalue weighted by Gasteiger charge is 2.04. The van der Waals surface area contributed by atoms with Crippen molar-refractivity contribution in [1.82, 2.24) is 14.9 Å². The number of nitrogens with zero attached hydrogens (tertiary/aromatic N) is 2. The molecule has 0 aliphatic carbocycles. The molecule has 6 heteroatoms. The van der Waals surface area contributed by atoms with Crippen molar-refractivity contribution in [3.63, 3.8) is 0 Å². The van der Waals surface area contributed by atoms with E-state index >= 15 is 0 Å². The lowest BCUT2D eigenvalue weighted by Crippen LogP contribution is -2.26. The first-order valence-corrected chi connectivity index (χ1v) is 7.16. The summed E-state index contributed by atoms with van der Waals surface area (Å²) in [4.78, 5) is 16.0. The highest BCUT2D eigenvalue weighted by atomic mass is 16.5. The molecule has 0 aliphatic rings. The fourth-order valence-electron chi connectivity index (χ4n) is 2.07. The summed E-state index contributed by atoms with van der Waals surface area (Å²) < 4.78 is 7.10. The minimum absolute atomic E-state index is 0.0231. The van der Waals surface area contributed by atoms with Crippen LogP contribution in [0.3, 0.4) is 0 Å². The number of amides is 1. The molecule has 0 spiro atoms. The summed E-state index contributed by atoms with van der Waals surface area (Å²) in [6, 6.07) is 7.87. The number of aryl methyl sites for hydroxylation is 1. The number of aliphatic hydroxyl groups excluding tert-OH is 1. The number of fused-ring (bicyclic) bond motifs is 1. The molecule has 1 aromatic carbocycles. The molecule has 114 valence electrons. The fourth-order valence-corrected chi connectivity index (χ4v) is 2.07. The van der Waals surface area contributed by atoms with E-state index in [1.165, 1.54) is 0 Å². The van der Waals surface area contributed by atoms with Gasteiger partial charge in [-0.25, -0.2) is 4.98 Å². The zero-order valence-corrected chi connectivity index (χ0v) is 12.0. The van der Waals surface area contributed by atoms with Crippen LogP contribution in [-0.2, 0) is 16.1 Å². The maximum atomic E-state index is 11.7. The number of hydrogen-bond acceptors (Lipinski definition) is 4. The number of imidazole rings is 1. The highest BCUT2D eigenvalue weighted by molar-refractivity contribution is 5.77. The third-order valence-corrected chi connectivity index (χ3v) is 3.13. The number of nitrogens with one attached hydrogen (secondary N) is 1. The minimum Gasteiger partial charge on any atom is -0.394 e. The molecule has 2 N–H and O–H groups in total. The number of hydrogen-bond donors (Lipinski definition) is 2. The van der Waals surface area contributed by atoms with Crippen molar-refractivity contribution in [3.05, 3.63) is 30.6 Å². The van der Waals surface area contributed by atoms with Crippen LogP contribution < -0.4 is 5.32 Å². The molecule has 0 aliphatic heterocycles. The molecule has 1 heterocycles. The van der Waals surface area contributed by atoms with E-state index < -0.39 is 0 Å².